The van der Waals surface area contributed by atoms with Crippen molar-refractivity contribution in [1.82, 2.24) is 14.5 Å². The van der Waals surface area contributed by atoms with Crippen LogP contribution < -0.4 is 10.5 Å². The zero-order valence-electron chi connectivity index (χ0n) is 10.2. The van der Waals surface area contributed by atoms with Gasteiger partial charge in [0.05, 0.1) is 6.20 Å². The lowest BCUT2D eigenvalue weighted by Crippen LogP contribution is -2.39. The Balaban J connectivity index is 0.00000162. The van der Waals surface area contributed by atoms with Gasteiger partial charge in [0.1, 0.15) is 4.90 Å². The summed E-state index contributed by atoms with van der Waals surface area (Å²) in [5.74, 6) is 0.251. The third kappa shape index (κ3) is 3.23. The molecule has 6 nitrogen and oxygen atoms in total. The molecule has 18 heavy (non-hydrogen) atoms. The number of nitrogens with zero attached hydrogens (tertiary/aromatic N) is 2. The lowest BCUT2D eigenvalue weighted by molar-refractivity contribution is 0.453. The van der Waals surface area contributed by atoms with Crippen LogP contribution in [-0.4, -0.2) is 30.8 Å². The van der Waals surface area contributed by atoms with Crippen LogP contribution in [0.25, 0.3) is 0 Å². The maximum atomic E-state index is 12.1. The number of hydrogen-bond donors (Lipinski definition) is 2. The largest absolute Gasteiger partial charge is 0.330 e. The average Bonchev–Trinajstić information content (AvgIpc) is 2.86. The van der Waals surface area contributed by atoms with Crippen LogP contribution in [0.4, 0.5) is 0 Å². The molecule has 0 aromatic carbocycles. The van der Waals surface area contributed by atoms with Gasteiger partial charge in [0, 0.05) is 19.3 Å². The second kappa shape index (κ2) is 6.01. The molecule has 0 amide bonds. The Bertz CT molecular complexity index is 488. The summed E-state index contributed by atoms with van der Waals surface area (Å²) in [5, 5.41) is 3.87. The van der Waals surface area contributed by atoms with Gasteiger partial charge in [-0.2, -0.15) is 5.10 Å². The average molecular weight is 295 g/mol. The van der Waals surface area contributed by atoms with Crippen molar-refractivity contribution < 1.29 is 8.42 Å². The van der Waals surface area contributed by atoms with Crippen LogP contribution in [0.3, 0.4) is 0 Å². The molecule has 3 N–H and O–H groups in total. The molecule has 1 aromatic rings. The zero-order chi connectivity index (χ0) is 12.5. The Hall–Kier alpha value is -0.630. The monoisotopic (exact) mass is 294 g/mol. The van der Waals surface area contributed by atoms with Gasteiger partial charge in [-0.3, -0.25) is 4.68 Å². The fourth-order valence-electron chi connectivity index (χ4n) is 2.28. The van der Waals surface area contributed by atoms with Crippen LogP contribution >= 0.6 is 12.4 Å². The maximum absolute atomic E-state index is 12.1. The summed E-state index contributed by atoms with van der Waals surface area (Å²) in [5.41, 5.74) is 5.63. The Labute approximate surface area is 113 Å². The first kappa shape index (κ1) is 15.4. The summed E-state index contributed by atoms with van der Waals surface area (Å²) in [7, 11) is -1.76. The van der Waals surface area contributed by atoms with Crippen molar-refractivity contribution in [2.24, 2.45) is 18.7 Å². The highest BCUT2D eigenvalue weighted by Crippen LogP contribution is 2.26. The van der Waals surface area contributed by atoms with Gasteiger partial charge in [-0.1, -0.05) is 6.42 Å². The van der Waals surface area contributed by atoms with Crippen LogP contribution in [0.15, 0.2) is 17.3 Å². The molecule has 1 aliphatic carbocycles. The van der Waals surface area contributed by atoms with E-state index in [4.69, 9.17) is 5.73 Å². The van der Waals surface area contributed by atoms with Gasteiger partial charge in [-0.05, 0) is 25.3 Å². The van der Waals surface area contributed by atoms with E-state index < -0.39 is 10.0 Å². The van der Waals surface area contributed by atoms with E-state index in [0.717, 1.165) is 19.3 Å². The van der Waals surface area contributed by atoms with E-state index >= 15 is 0 Å². The van der Waals surface area contributed by atoms with Gasteiger partial charge >= 0.3 is 0 Å². The first-order valence-electron chi connectivity index (χ1n) is 5.74. The number of aromatic nitrogens is 2. The minimum Gasteiger partial charge on any atom is -0.330 e. The van der Waals surface area contributed by atoms with Crippen molar-refractivity contribution in [3.63, 3.8) is 0 Å². The number of halogens is 1. The molecule has 1 heterocycles. The Morgan fingerprint density at radius 1 is 1.56 bits per heavy atom. The van der Waals surface area contributed by atoms with Gasteiger partial charge in [0.25, 0.3) is 0 Å². The molecule has 2 atom stereocenters. The predicted octanol–water partition coefficient (Wildman–Crippen LogP) is 0.248. The van der Waals surface area contributed by atoms with Crippen LogP contribution in [0.5, 0.6) is 0 Å². The molecule has 0 bridgehead atoms. The highest BCUT2D eigenvalue weighted by molar-refractivity contribution is 7.89. The highest BCUT2D eigenvalue weighted by atomic mass is 35.5. The quantitative estimate of drug-likeness (QED) is 0.833. The molecular weight excluding hydrogens is 276 g/mol. The topological polar surface area (TPSA) is 90.0 Å². The molecular formula is C10H19ClN4O2S. The fourth-order valence-corrected chi connectivity index (χ4v) is 3.60. The number of sulfonamides is 1. The van der Waals surface area contributed by atoms with E-state index in [1.54, 1.807) is 7.05 Å². The predicted molar refractivity (Wildman–Crippen MR) is 71.0 cm³/mol. The van der Waals surface area contributed by atoms with E-state index in [0.29, 0.717) is 6.54 Å². The summed E-state index contributed by atoms with van der Waals surface area (Å²) in [4.78, 5) is 0.211. The number of aryl methyl sites for hydroxylation is 1. The van der Waals surface area contributed by atoms with Gasteiger partial charge in [0.2, 0.25) is 10.0 Å². The van der Waals surface area contributed by atoms with Gasteiger partial charge in [0.15, 0.2) is 0 Å². The van der Waals surface area contributed by atoms with Crippen LogP contribution in [0.1, 0.15) is 19.3 Å². The van der Waals surface area contributed by atoms with E-state index in [-0.39, 0.29) is 29.3 Å². The molecule has 0 spiro atoms. The number of rotatable bonds is 4. The van der Waals surface area contributed by atoms with Gasteiger partial charge in [-0.25, -0.2) is 13.1 Å². The van der Waals surface area contributed by atoms with Crippen molar-refractivity contribution in [1.29, 1.82) is 0 Å². The normalized spacial score (nSPS) is 23.9. The minimum absolute atomic E-state index is 0. The Kier molecular flexibility index (Phi) is 5.15. The van der Waals surface area contributed by atoms with E-state index in [1.165, 1.54) is 17.1 Å². The molecule has 0 radical (unpaired) electrons. The van der Waals surface area contributed by atoms with E-state index in [1.807, 2.05) is 0 Å². The fraction of sp³-hybridized carbons (Fsp3) is 0.700. The zero-order valence-corrected chi connectivity index (χ0v) is 11.9. The number of nitrogens with two attached hydrogens (primary N) is 1. The van der Waals surface area contributed by atoms with Crippen molar-refractivity contribution in [2.75, 3.05) is 6.54 Å². The molecule has 1 aliphatic rings. The molecule has 2 rings (SSSR count). The summed E-state index contributed by atoms with van der Waals surface area (Å²) in [6.45, 7) is 0.528. The minimum atomic E-state index is -3.45. The second-order valence-electron chi connectivity index (χ2n) is 4.50. The van der Waals surface area contributed by atoms with E-state index in [2.05, 4.69) is 9.82 Å². The standard InChI is InChI=1S/C10H18N4O2S.ClH/c1-14-7-9(6-12-14)17(15,16)13-10-4-2-3-8(10)5-11;/h6-8,10,13H,2-5,11H2,1H3;1H. The van der Waals surface area contributed by atoms with Gasteiger partial charge in [-0.15, -0.1) is 12.4 Å². The third-order valence-corrected chi connectivity index (χ3v) is 4.70. The Morgan fingerprint density at radius 3 is 2.83 bits per heavy atom. The molecule has 8 heteroatoms. The van der Waals surface area contributed by atoms with E-state index in [9.17, 15) is 8.42 Å². The van der Waals surface area contributed by atoms with Gasteiger partial charge < -0.3 is 5.73 Å². The molecule has 2 unspecified atom stereocenters. The summed E-state index contributed by atoms with van der Waals surface area (Å²) in [6, 6.07) is -0.0368. The molecule has 1 fully saturated rings. The molecule has 0 saturated heterocycles. The molecule has 104 valence electrons. The van der Waals surface area contributed by atoms with Crippen molar-refractivity contribution >= 4 is 22.4 Å². The SMILES string of the molecule is Cl.Cn1cc(S(=O)(=O)NC2CCCC2CN)cn1. The maximum Gasteiger partial charge on any atom is 0.243 e. The van der Waals surface area contributed by atoms with Crippen LogP contribution in [0, 0.1) is 5.92 Å². The number of hydrogen-bond acceptors (Lipinski definition) is 4. The van der Waals surface area contributed by atoms with Crippen molar-refractivity contribution in [3.8, 4) is 0 Å². The summed E-state index contributed by atoms with van der Waals surface area (Å²) >= 11 is 0. The highest BCUT2D eigenvalue weighted by Gasteiger charge is 2.30. The lowest BCUT2D eigenvalue weighted by atomic mass is 10.1. The lowest BCUT2D eigenvalue weighted by Gasteiger charge is -2.18. The summed E-state index contributed by atoms with van der Waals surface area (Å²) in [6.07, 6.45) is 5.74. The first-order valence-corrected chi connectivity index (χ1v) is 7.22. The van der Waals surface area contributed by atoms with Crippen LogP contribution in [-0.2, 0) is 17.1 Å². The van der Waals surface area contributed by atoms with Crippen molar-refractivity contribution in [3.05, 3.63) is 12.4 Å². The third-order valence-electron chi connectivity index (χ3n) is 3.26. The smallest absolute Gasteiger partial charge is 0.243 e. The Morgan fingerprint density at radius 2 is 2.28 bits per heavy atom. The molecule has 1 aromatic heterocycles. The van der Waals surface area contributed by atoms with Crippen LogP contribution in [0.2, 0.25) is 0 Å². The molecule has 0 aliphatic heterocycles. The second-order valence-corrected chi connectivity index (χ2v) is 6.22. The van der Waals surface area contributed by atoms with Crippen molar-refractivity contribution in [2.45, 2.75) is 30.2 Å². The molecule has 1 saturated carbocycles. The summed E-state index contributed by atoms with van der Waals surface area (Å²) < 4.78 is 28.3. The first-order chi connectivity index (χ1) is 8.03. The number of nitrogens with one attached hydrogen (secondary N) is 1.